The Morgan fingerprint density at radius 3 is 2.44 bits per heavy atom. The van der Waals surface area contributed by atoms with Crippen molar-refractivity contribution < 1.29 is 23.8 Å². The molecule has 0 aromatic heterocycles. The highest BCUT2D eigenvalue weighted by molar-refractivity contribution is 8.03. The second-order valence-corrected chi connectivity index (χ2v) is 9.00. The van der Waals surface area contributed by atoms with E-state index in [1.807, 2.05) is 30.3 Å². The lowest BCUT2D eigenvalue weighted by Crippen LogP contribution is -2.44. The van der Waals surface area contributed by atoms with Gasteiger partial charge in [0, 0.05) is 11.7 Å². The standard InChI is InChI=1S/C24H22Cl2N2O5S/c1-3-32-21-17(25)11-14(12-18(21)26)19-16(13-27)23(28-22(29)20(19)24(30)31-2)34-10-9-33-15-7-5-4-6-8-15/h4-8,11-12,19-20H,3,9-10H2,1-2H3,(H,28,29)/t19-,20-/m0/s1. The number of nitrogens with one attached hydrogen (secondary N) is 1. The predicted molar refractivity (Wildman–Crippen MR) is 131 cm³/mol. The number of carbonyl (C=O) groups is 2. The van der Waals surface area contributed by atoms with Crippen LogP contribution >= 0.6 is 35.0 Å². The summed E-state index contributed by atoms with van der Waals surface area (Å²) in [4.78, 5) is 25.5. The molecule has 1 aliphatic heterocycles. The van der Waals surface area contributed by atoms with Crippen LogP contribution in [0.4, 0.5) is 0 Å². The normalized spacial score (nSPS) is 17.6. The Hall–Kier alpha value is -2.86. The molecular weight excluding hydrogens is 499 g/mol. The van der Waals surface area contributed by atoms with Crippen LogP contribution in [0.1, 0.15) is 18.4 Å². The Bertz CT molecular complexity index is 1110. The van der Waals surface area contributed by atoms with Crippen LogP contribution in [0, 0.1) is 17.2 Å². The van der Waals surface area contributed by atoms with Crippen molar-refractivity contribution in [3.05, 3.63) is 68.7 Å². The first-order valence-electron chi connectivity index (χ1n) is 10.4. The van der Waals surface area contributed by atoms with Crippen LogP contribution in [0.5, 0.6) is 11.5 Å². The third-order valence-electron chi connectivity index (χ3n) is 4.99. The van der Waals surface area contributed by atoms with Crippen LogP contribution in [0.2, 0.25) is 10.0 Å². The number of nitrogens with zero attached hydrogens (tertiary/aromatic N) is 1. The van der Waals surface area contributed by atoms with E-state index in [1.54, 1.807) is 19.1 Å². The van der Waals surface area contributed by atoms with Crippen LogP contribution in [0.15, 0.2) is 53.1 Å². The summed E-state index contributed by atoms with van der Waals surface area (Å²) in [5.74, 6) is -2.11. The summed E-state index contributed by atoms with van der Waals surface area (Å²) in [5.41, 5.74) is 0.634. The molecule has 1 amide bonds. The Labute approximate surface area is 212 Å². The summed E-state index contributed by atoms with van der Waals surface area (Å²) in [6, 6.07) is 14.5. The third-order valence-corrected chi connectivity index (χ3v) is 6.54. The van der Waals surface area contributed by atoms with Crippen LogP contribution in [0.25, 0.3) is 0 Å². The van der Waals surface area contributed by atoms with Gasteiger partial charge in [0.1, 0.15) is 11.7 Å². The molecule has 10 heteroatoms. The van der Waals surface area contributed by atoms with E-state index >= 15 is 0 Å². The molecule has 1 aliphatic rings. The second kappa shape index (κ2) is 12.0. The van der Waals surface area contributed by atoms with Gasteiger partial charge in [-0.3, -0.25) is 9.59 Å². The van der Waals surface area contributed by atoms with Gasteiger partial charge in [0.2, 0.25) is 5.91 Å². The molecule has 34 heavy (non-hydrogen) atoms. The Balaban J connectivity index is 1.94. The van der Waals surface area contributed by atoms with E-state index in [1.165, 1.54) is 18.9 Å². The van der Waals surface area contributed by atoms with Crippen LogP contribution in [-0.4, -0.2) is 38.0 Å². The first-order valence-corrected chi connectivity index (χ1v) is 12.1. The number of hydrogen-bond acceptors (Lipinski definition) is 7. The monoisotopic (exact) mass is 520 g/mol. The zero-order chi connectivity index (χ0) is 24.7. The summed E-state index contributed by atoms with van der Waals surface area (Å²) >= 11 is 14.0. The number of rotatable bonds is 9. The number of esters is 1. The van der Waals surface area contributed by atoms with E-state index < -0.39 is 23.7 Å². The van der Waals surface area contributed by atoms with Crippen molar-refractivity contribution in [2.75, 3.05) is 26.1 Å². The van der Waals surface area contributed by atoms with E-state index in [0.29, 0.717) is 41.1 Å². The molecule has 0 bridgehead atoms. The molecule has 0 radical (unpaired) electrons. The second-order valence-electron chi connectivity index (χ2n) is 7.08. The van der Waals surface area contributed by atoms with E-state index in [-0.39, 0.29) is 15.6 Å². The minimum Gasteiger partial charge on any atom is -0.493 e. The smallest absolute Gasteiger partial charge is 0.319 e. The summed E-state index contributed by atoms with van der Waals surface area (Å²) in [6.07, 6.45) is 0. The number of halogens is 2. The molecule has 2 atom stereocenters. The molecule has 0 aliphatic carbocycles. The van der Waals surface area contributed by atoms with Gasteiger partial charge >= 0.3 is 5.97 Å². The number of amides is 1. The number of nitriles is 1. The number of hydrogen-bond donors (Lipinski definition) is 1. The van der Waals surface area contributed by atoms with Gasteiger partial charge in [0.05, 0.1) is 47.0 Å². The Kier molecular flexibility index (Phi) is 9.11. The van der Waals surface area contributed by atoms with Gasteiger partial charge in [0.15, 0.2) is 5.75 Å². The highest BCUT2D eigenvalue weighted by Gasteiger charge is 2.44. The quantitative estimate of drug-likeness (QED) is 0.284. The fourth-order valence-corrected chi connectivity index (χ4v) is 5.03. The molecule has 178 valence electrons. The maximum absolute atomic E-state index is 13.0. The topological polar surface area (TPSA) is 97.6 Å². The minimum atomic E-state index is -1.28. The summed E-state index contributed by atoms with van der Waals surface area (Å²) in [6.45, 7) is 2.49. The molecule has 1 N–H and O–H groups in total. The van der Waals surface area contributed by atoms with Gasteiger partial charge in [-0.25, -0.2) is 0 Å². The van der Waals surface area contributed by atoms with Crippen LogP contribution < -0.4 is 14.8 Å². The number of ether oxygens (including phenoxy) is 3. The SMILES string of the molecule is CCOc1c(Cl)cc([C@H]2C(C#N)=C(SCCOc3ccccc3)NC(=O)[C@H]2C(=O)OC)cc1Cl. The van der Waals surface area contributed by atoms with Crippen molar-refractivity contribution in [1.82, 2.24) is 5.32 Å². The maximum Gasteiger partial charge on any atom is 0.319 e. The predicted octanol–water partition coefficient (Wildman–Crippen LogP) is 4.94. The fraction of sp³-hybridized carbons (Fsp3) is 0.292. The van der Waals surface area contributed by atoms with Crippen molar-refractivity contribution in [2.24, 2.45) is 5.92 Å². The summed E-state index contributed by atoms with van der Waals surface area (Å²) in [5, 5.41) is 13.5. The van der Waals surface area contributed by atoms with E-state index in [4.69, 9.17) is 37.4 Å². The number of carbonyl (C=O) groups excluding carboxylic acids is 2. The average Bonchev–Trinajstić information content (AvgIpc) is 2.83. The molecule has 2 aromatic rings. The molecule has 0 unspecified atom stereocenters. The van der Waals surface area contributed by atoms with E-state index in [9.17, 15) is 14.9 Å². The van der Waals surface area contributed by atoms with Gasteiger partial charge in [-0.1, -0.05) is 41.4 Å². The van der Waals surface area contributed by atoms with Gasteiger partial charge in [-0.15, -0.1) is 11.8 Å². The summed E-state index contributed by atoms with van der Waals surface area (Å²) < 4.78 is 16.0. The van der Waals surface area contributed by atoms with Crippen LogP contribution in [-0.2, 0) is 14.3 Å². The zero-order valence-corrected chi connectivity index (χ0v) is 20.8. The summed E-state index contributed by atoms with van der Waals surface area (Å²) in [7, 11) is 1.19. The van der Waals surface area contributed by atoms with Crippen LogP contribution in [0.3, 0.4) is 0 Å². The van der Waals surface area contributed by atoms with Crippen molar-refractivity contribution in [1.29, 1.82) is 5.26 Å². The number of benzene rings is 2. The van der Waals surface area contributed by atoms with E-state index in [0.717, 1.165) is 0 Å². The van der Waals surface area contributed by atoms with Crippen molar-refractivity contribution in [2.45, 2.75) is 12.8 Å². The highest BCUT2D eigenvalue weighted by atomic mass is 35.5. The minimum absolute atomic E-state index is 0.205. The fourth-order valence-electron chi connectivity index (χ4n) is 3.54. The zero-order valence-electron chi connectivity index (χ0n) is 18.5. The average molecular weight is 521 g/mol. The van der Waals surface area contributed by atoms with Gasteiger partial charge in [-0.05, 0) is 36.8 Å². The van der Waals surface area contributed by atoms with Crippen molar-refractivity contribution >= 4 is 46.8 Å². The highest BCUT2D eigenvalue weighted by Crippen LogP contribution is 2.44. The number of methoxy groups -OCH3 is 1. The molecule has 3 rings (SSSR count). The first kappa shape index (κ1) is 25.8. The maximum atomic E-state index is 13.0. The lowest BCUT2D eigenvalue weighted by atomic mass is 9.78. The van der Waals surface area contributed by atoms with Gasteiger partial charge in [0.25, 0.3) is 0 Å². The molecule has 0 saturated carbocycles. The molecular formula is C24H22Cl2N2O5S. The van der Waals surface area contributed by atoms with Crippen molar-refractivity contribution in [3.63, 3.8) is 0 Å². The Morgan fingerprint density at radius 1 is 1.18 bits per heavy atom. The van der Waals surface area contributed by atoms with Gasteiger partial charge in [-0.2, -0.15) is 5.26 Å². The molecule has 7 nitrogen and oxygen atoms in total. The number of thioether (sulfide) groups is 1. The third kappa shape index (κ3) is 5.79. The number of allylic oxidation sites excluding steroid dienone is 1. The lowest BCUT2D eigenvalue weighted by molar-refractivity contribution is -0.150. The first-order chi connectivity index (χ1) is 16.4. The van der Waals surface area contributed by atoms with E-state index in [2.05, 4.69) is 11.4 Å². The molecule has 0 saturated heterocycles. The molecule has 0 fully saturated rings. The lowest BCUT2D eigenvalue weighted by Gasteiger charge is -2.31. The molecule has 2 aromatic carbocycles. The Morgan fingerprint density at radius 2 is 1.85 bits per heavy atom. The van der Waals surface area contributed by atoms with Crippen molar-refractivity contribution in [3.8, 4) is 17.6 Å². The number of para-hydroxylation sites is 1. The van der Waals surface area contributed by atoms with Gasteiger partial charge < -0.3 is 19.5 Å². The molecule has 0 spiro atoms. The molecule has 1 heterocycles. The largest absolute Gasteiger partial charge is 0.493 e.